The lowest BCUT2D eigenvalue weighted by Crippen LogP contribution is -2.07. The Kier molecular flexibility index (Phi) is 6.13. The molecule has 1 aromatic heterocycles. The highest BCUT2D eigenvalue weighted by Gasteiger charge is 2.18. The van der Waals surface area contributed by atoms with Crippen LogP contribution < -0.4 is 0 Å². The summed E-state index contributed by atoms with van der Waals surface area (Å²) >= 11 is 0. The Morgan fingerprint density at radius 1 is 0.676 bits per heavy atom. The first kappa shape index (κ1) is 21.9. The summed E-state index contributed by atoms with van der Waals surface area (Å²) in [7, 11) is 0. The molecule has 34 heavy (non-hydrogen) atoms. The van der Waals surface area contributed by atoms with E-state index in [0.29, 0.717) is 11.6 Å². The molecule has 0 unspecified atom stereocenters. The van der Waals surface area contributed by atoms with E-state index < -0.39 is 0 Å². The molecule has 2 atom stereocenters. The molecule has 0 aliphatic rings. The maximum atomic E-state index is 11.3. The molecule has 0 radical (unpaired) electrons. The van der Waals surface area contributed by atoms with Crippen LogP contribution >= 0.6 is 0 Å². The number of benzene rings is 4. The van der Waals surface area contributed by atoms with Gasteiger partial charge < -0.3 is 5.11 Å². The summed E-state index contributed by atoms with van der Waals surface area (Å²) in [6.45, 7) is 4.45. The first-order valence-corrected chi connectivity index (χ1v) is 11.9. The number of hydrogen-bond donors (Lipinski definition) is 1. The zero-order valence-electron chi connectivity index (χ0n) is 19.6. The van der Waals surface area contributed by atoms with Crippen molar-refractivity contribution in [2.45, 2.75) is 38.5 Å². The minimum Gasteiger partial charge on any atom is -0.505 e. The Morgan fingerprint density at radius 3 is 1.74 bits per heavy atom. The molecule has 5 aromatic rings. The number of hydrogen-bond acceptors (Lipinski definition) is 3. The van der Waals surface area contributed by atoms with Gasteiger partial charge in [-0.2, -0.15) is 0 Å². The Balaban J connectivity index is 1.55. The Morgan fingerprint density at radius 2 is 1.18 bits per heavy atom. The molecule has 0 spiro atoms. The fourth-order valence-corrected chi connectivity index (χ4v) is 4.62. The minimum absolute atomic E-state index is 0.249. The van der Waals surface area contributed by atoms with Gasteiger partial charge >= 0.3 is 0 Å². The van der Waals surface area contributed by atoms with Gasteiger partial charge in [-0.15, -0.1) is 15.0 Å². The lowest BCUT2D eigenvalue weighted by molar-refractivity contribution is 0.458. The molecule has 0 saturated carbocycles. The van der Waals surface area contributed by atoms with Crippen LogP contribution in [0.5, 0.6) is 5.75 Å². The largest absolute Gasteiger partial charge is 0.505 e. The normalized spacial score (nSPS) is 13.1. The summed E-state index contributed by atoms with van der Waals surface area (Å²) in [6.07, 6.45) is 1.60. The van der Waals surface area contributed by atoms with E-state index in [2.05, 4.69) is 78.6 Å². The second-order valence-corrected chi connectivity index (χ2v) is 9.13. The molecule has 5 rings (SSSR count). The van der Waals surface area contributed by atoms with Gasteiger partial charge in [-0.3, -0.25) is 0 Å². The van der Waals surface area contributed by atoms with Gasteiger partial charge in [0, 0.05) is 0 Å². The average molecular weight is 448 g/mol. The van der Waals surface area contributed by atoms with Gasteiger partial charge in [0.1, 0.15) is 22.5 Å². The van der Waals surface area contributed by atoms with Crippen molar-refractivity contribution in [2.24, 2.45) is 0 Å². The molecular formula is C30H29N3O. The first-order chi connectivity index (χ1) is 16.6. The summed E-state index contributed by atoms with van der Waals surface area (Å²) in [5.41, 5.74) is 6.90. The number of phenols is 1. The van der Waals surface area contributed by atoms with Crippen LogP contribution in [0.4, 0.5) is 0 Å². The van der Waals surface area contributed by atoms with Gasteiger partial charge in [-0.25, -0.2) is 0 Å². The average Bonchev–Trinajstić information content (AvgIpc) is 3.31. The zero-order chi connectivity index (χ0) is 23.5. The number of aromatic nitrogens is 3. The van der Waals surface area contributed by atoms with E-state index in [4.69, 9.17) is 0 Å². The van der Waals surface area contributed by atoms with Crippen molar-refractivity contribution in [3.63, 3.8) is 0 Å². The van der Waals surface area contributed by atoms with Crippen molar-refractivity contribution >= 4 is 11.0 Å². The number of fused-ring (bicyclic) bond motifs is 1. The van der Waals surface area contributed by atoms with E-state index in [1.807, 2.05) is 42.5 Å². The Bertz CT molecular complexity index is 1360. The molecule has 0 fully saturated rings. The maximum Gasteiger partial charge on any atom is 0.146 e. The molecule has 4 aromatic carbocycles. The standard InChI is InChI=1S/C30H29N3O/c1-21(24-11-5-3-6-12-24)17-23-19-26(18-22(2)25-13-7-4-8-14-25)30(34)29(20-23)33-31-27-15-9-10-16-28(27)32-33/h3-16,19-22,34H,17-18H2,1-2H3/t21-,22-/m1/s1. The van der Waals surface area contributed by atoms with E-state index >= 15 is 0 Å². The number of rotatable bonds is 7. The molecule has 0 aliphatic carbocycles. The van der Waals surface area contributed by atoms with Gasteiger partial charge in [-0.1, -0.05) is 92.7 Å². The molecule has 0 aliphatic heterocycles. The Hall–Kier alpha value is -3.92. The van der Waals surface area contributed by atoms with Crippen molar-refractivity contribution in [2.75, 3.05) is 0 Å². The Labute approximate surface area is 200 Å². The second-order valence-electron chi connectivity index (χ2n) is 9.13. The van der Waals surface area contributed by atoms with Crippen LogP contribution in [0.1, 0.15) is 47.9 Å². The van der Waals surface area contributed by atoms with Crippen LogP contribution in [-0.2, 0) is 12.8 Å². The maximum absolute atomic E-state index is 11.3. The molecule has 0 bridgehead atoms. The quantitative estimate of drug-likeness (QED) is 0.298. The second kappa shape index (κ2) is 9.52. The fraction of sp³-hybridized carbons (Fsp3) is 0.200. The van der Waals surface area contributed by atoms with Crippen LogP contribution in [0.2, 0.25) is 0 Å². The molecule has 1 heterocycles. The summed E-state index contributed by atoms with van der Waals surface area (Å²) in [6, 6.07) is 33.0. The smallest absolute Gasteiger partial charge is 0.146 e. The summed E-state index contributed by atoms with van der Waals surface area (Å²) in [5, 5.41) is 20.6. The van der Waals surface area contributed by atoms with Gasteiger partial charge in [-0.05, 0) is 65.1 Å². The van der Waals surface area contributed by atoms with E-state index in [-0.39, 0.29) is 11.7 Å². The summed E-state index contributed by atoms with van der Waals surface area (Å²) < 4.78 is 0. The number of aromatic hydroxyl groups is 1. The van der Waals surface area contributed by atoms with Crippen molar-refractivity contribution in [3.05, 3.63) is 119 Å². The van der Waals surface area contributed by atoms with E-state index in [9.17, 15) is 5.11 Å². The summed E-state index contributed by atoms with van der Waals surface area (Å²) in [4.78, 5) is 1.58. The third kappa shape index (κ3) is 4.58. The zero-order valence-corrected chi connectivity index (χ0v) is 19.6. The van der Waals surface area contributed by atoms with Crippen molar-refractivity contribution in [1.29, 1.82) is 0 Å². The lowest BCUT2D eigenvalue weighted by atomic mass is 9.89. The van der Waals surface area contributed by atoms with Crippen molar-refractivity contribution < 1.29 is 5.11 Å². The van der Waals surface area contributed by atoms with Crippen LogP contribution in [-0.4, -0.2) is 20.1 Å². The van der Waals surface area contributed by atoms with Crippen molar-refractivity contribution in [1.82, 2.24) is 15.0 Å². The number of nitrogens with zero attached hydrogens (tertiary/aromatic N) is 3. The molecule has 1 N–H and O–H groups in total. The van der Waals surface area contributed by atoms with Gasteiger partial charge in [0.15, 0.2) is 0 Å². The highest BCUT2D eigenvalue weighted by Crippen LogP contribution is 2.34. The fourth-order valence-electron chi connectivity index (χ4n) is 4.62. The molecule has 4 nitrogen and oxygen atoms in total. The predicted octanol–water partition coefficient (Wildman–Crippen LogP) is 6.82. The van der Waals surface area contributed by atoms with E-state index in [0.717, 1.165) is 29.4 Å². The van der Waals surface area contributed by atoms with Crippen LogP contribution in [0.3, 0.4) is 0 Å². The molecule has 170 valence electrons. The first-order valence-electron chi connectivity index (χ1n) is 11.9. The van der Waals surface area contributed by atoms with Gasteiger partial charge in [0.05, 0.1) is 0 Å². The van der Waals surface area contributed by atoms with Crippen LogP contribution in [0, 0.1) is 0 Å². The van der Waals surface area contributed by atoms with E-state index in [1.54, 1.807) is 4.80 Å². The predicted molar refractivity (Wildman–Crippen MR) is 138 cm³/mol. The molecule has 0 saturated heterocycles. The van der Waals surface area contributed by atoms with Gasteiger partial charge in [0.25, 0.3) is 0 Å². The number of phenolic OH excluding ortho intramolecular Hbond substituents is 1. The van der Waals surface area contributed by atoms with E-state index in [1.165, 1.54) is 16.7 Å². The minimum atomic E-state index is 0.249. The SMILES string of the molecule is C[C@H](Cc1cc(C[C@@H](C)c2ccccc2)c(O)c(-n2nc3ccccc3n2)c1)c1ccccc1. The highest BCUT2D eigenvalue weighted by molar-refractivity contribution is 5.73. The van der Waals surface area contributed by atoms with Crippen LogP contribution in [0.15, 0.2) is 97.1 Å². The van der Waals surface area contributed by atoms with Crippen molar-refractivity contribution in [3.8, 4) is 11.4 Å². The third-order valence-corrected chi connectivity index (χ3v) is 6.54. The van der Waals surface area contributed by atoms with Crippen LogP contribution in [0.25, 0.3) is 16.7 Å². The topological polar surface area (TPSA) is 50.9 Å². The lowest BCUT2D eigenvalue weighted by Gasteiger charge is -2.18. The molecular weight excluding hydrogens is 418 g/mol. The van der Waals surface area contributed by atoms with Gasteiger partial charge in [0.2, 0.25) is 0 Å². The summed E-state index contributed by atoms with van der Waals surface area (Å²) in [5.74, 6) is 0.869. The highest BCUT2D eigenvalue weighted by atomic mass is 16.3. The molecule has 0 amide bonds. The monoisotopic (exact) mass is 447 g/mol. The third-order valence-electron chi connectivity index (χ3n) is 6.54. The molecule has 4 heteroatoms.